The summed E-state index contributed by atoms with van der Waals surface area (Å²) in [4.78, 5) is 60.5. The lowest BCUT2D eigenvalue weighted by atomic mass is 9.99. The van der Waals surface area contributed by atoms with Crippen LogP contribution >= 0.6 is 50.2 Å². The fourth-order valence-electron chi connectivity index (χ4n) is 14.3. The summed E-state index contributed by atoms with van der Waals surface area (Å²) in [5.41, 5.74) is 22.6. The predicted octanol–water partition coefficient (Wildman–Crippen LogP) is 30.1. The van der Waals surface area contributed by atoms with Gasteiger partial charge in [0.2, 0.25) is 0 Å². The van der Waals surface area contributed by atoms with E-state index in [1.54, 1.807) is 38.4 Å². The molecule has 0 fully saturated rings. The molecule has 16 nitrogen and oxygen atoms in total. The SMILES string of the molecule is CC(=O)c1c(C)cc(Cl)cc1C.CC(=O)c1c(C)cc(Oc2ccc(Oc3ccccc3)cc2)cc1C.Cc1cc(Oc2ccc(Oc3ccccc3)cc2)cc(C)c1-c1csc(CC(=O)c2ccncc2)n1.Cc1cc(Oc2ccc(Oc3ccccc3)cc2)cc(C)c1-c1csc(N)n1.Cc1cc(Oc2ccc(Oc3ccccc3)cc2)cc(C)c1C(=O)CBr. The van der Waals surface area contributed by atoms with Crippen LogP contribution in [0.2, 0.25) is 5.02 Å². The van der Waals surface area contributed by atoms with Crippen molar-refractivity contribution in [2.24, 2.45) is 0 Å². The van der Waals surface area contributed by atoms with Crippen molar-refractivity contribution in [3.63, 3.8) is 0 Å². The first-order chi connectivity index (χ1) is 61.2. The van der Waals surface area contributed by atoms with Gasteiger partial charge in [-0.05, 0) is 357 Å². The van der Waals surface area contributed by atoms with Crippen LogP contribution in [0, 0.1) is 69.2 Å². The quantitative estimate of drug-likeness (QED) is 0.0417. The Kier molecular flexibility index (Phi) is 32.3. The fraction of sp³-hybridized carbons (Fsp3) is 0.131. The Morgan fingerprint density at radius 3 is 0.843 bits per heavy atom. The number of anilines is 1. The van der Waals surface area contributed by atoms with Crippen LogP contribution in [0.15, 0.2) is 314 Å². The van der Waals surface area contributed by atoms with Gasteiger partial charge in [0.15, 0.2) is 28.3 Å². The van der Waals surface area contributed by atoms with Crippen LogP contribution < -0.4 is 43.6 Å². The molecule has 0 aliphatic heterocycles. The van der Waals surface area contributed by atoms with Crippen molar-refractivity contribution in [2.45, 2.75) is 89.5 Å². The third kappa shape index (κ3) is 26.5. The average Bonchev–Trinajstić information content (AvgIpc) is 1.77. The summed E-state index contributed by atoms with van der Waals surface area (Å²) in [5.74, 6) is 12.4. The van der Waals surface area contributed by atoms with E-state index < -0.39 is 0 Å². The lowest BCUT2D eigenvalue weighted by Gasteiger charge is -2.13. The molecule has 0 spiro atoms. The van der Waals surface area contributed by atoms with E-state index in [1.165, 1.54) is 22.7 Å². The highest BCUT2D eigenvalue weighted by atomic mass is 79.9. The van der Waals surface area contributed by atoms with Crippen LogP contribution in [0.5, 0.6) is 92.0 Å². The van der Waals surface area contributed by atoms with E-state index in [9.17, 15) is 19.2 Å². The number of pyridine rings is 1. The molecule has 0 amide bonds. The minimum absolute atomic E-state index is 0.0377. The first-order valence-corrected chi connectivity index (χ1v) is 44.0. The van der Waals surface area contributed by atoms with Crippen LogP contribution in [0.4, 0.5) is 5.13 Å². The molecule has 16 rings (SSSR count). The summed E-state index contributed by atoms with van der Waals surface area (Å²) in [6, 6.07) is 91.4. The summed E-state index contributed by atoms with van der Waals surface area (Å²) >= 11 is 12.0. The highest BCUT2D eigenvalue weighted by Gasteiger charge is 2.20. The van der Waals surface area contributed by atoms with Gasteiger partial charge in [-0.15, -0.1) is 22.7 Å². The number of carbonyl (C=O) groups excluding carboxylic acids is 4. The molecule has 0 atom stereocenters. The topological polar surface area (TPSA) is 207 Å². The van der Waals surface area contributed by atoms with Crippen LogP contribution in [0.1, 0.15) is 116 Å². The second-order valence-corrected chi connectivity index (χ2v) is 32.6. The van der Waals surface area contributed by atoms with Gasteiger partial charge in [0, 0.05) is 61.6 Å². The van der Waals surface area contributed by atoms with Crippen LogP contribution in [0.3, 0.4) is 0 Å². The van der Waals surface area contributed by atoms with Gasteiger partial charge < -0.3 is 43.6 Å². The molecule has 0 saturated carbocycles. The van der Waals surface area contributed by atoms with Crippen molar-refractivity contribution < 1.29 is 57.1 Å². The number of carbonyl (C=O) groups is 4. The first kappa shape index (κ1) is 92.1. The lowest BCUT2D eigenvalue weighted by Crippen LogP contribution is -2.05. The van der Waals surface area contributed by atoms with Gasteiger partial charge in [0.25, 0.3) is 0 Å². The number of alkyl halides is 1. The molecule has 2 N–H and O–H groups in total. The van der Waals surface area contributed by atoms with Gasteiger partial charge in [-0.1, -0.05) is 100 Å². The normalized spacial score (nSPS) is 10.5. The molecular formula is C107H94BrClN4O12S2. The van der Waals surface area contributed by atoms with Gasteiger partial charge in [-0.3, -0.25) is 24.2 Å². The van der Waals surface area contributed by atoms with Crippen LogP contribution in [0.25, 0.3) is 22.5 Å². The summed E-state index contributed by atoms with van der Waals surface area (Å²) < 4.78 is 47.2. The molecule has 13 aromatic carbocycles. The zero-order chi connectivity index (χ0) is 90.0. The number of nitrogen functional groups attached to an aromatic ring is 1. The lowest BCUT2D eigenvalue weighted by molar-refractivity contribution is 0.0988. The van der Waals surface area contributed by atoms with E-state index >= 15 is 0 Å². The number of rotatable bonds is 25. The molecule has 0 saturated heterocycles. The predicted molar refractivity (Wildman–Crippen MR) is 514 cm³/mol. The molecule has 127 heavy (non-hydrogen) atoms. The number of ketones is 4. The Morgan fingerprint density at radius 2 is 0.567 bits per heavy atom. The van der Waals surface area contributed by atoms with Crippen molar-refractivity contribution in [1.29, 1.82) is 0 Å². The number of nitrogens with two attached hydrogens (primary N) is 1. The standard InChI is InChI=1S/C30H24N2O3S.C23H20N2O2S.C22H19BrO3.C22H20O3.C10H11ClO/c1-20-16-26(35-25-10-8-24(9-11-25)34-23-6-4-3-5-7-23)17-21(2)30(20)27-19-36-29(32-27)18-28(33)22-12-14-31-15-13-22;1-15-12-20(13-16(2)22(15)21-14-28-23(24)25-21)27-19-10-8-18(9-11-19)26-17-6-4-3-5-7-17;1-15-12-20(13-16(2)22(15)21(24)14-23)26-19-10-8-18(9-11-19)25-17-6-4-3-5-7-17;1-15-13-21(14-16(2)22(15)17(3)23)25-20-11-9-19(10-12-20)24-18-7-5-4-6-8-18;1-6-4-9(11)5-7(2)10(6)8(3)12/h3-17,19H,18H2,1-2H3;3-14H,1-2H3,(H2,24,25);3-13H,14H2,1-2H3;4-14H,1-3H3;4-5H,1-3H3. The largest absolute Gasteiger partial charge is 0.457 e. The van der Waals surface area contributed by atoms with E-state index in [2.05, 4.69) is 39.7 Å². The van der Waals surface area contributed by atoms with Crippen molar-refractivity contribution >= 4 is 78.5 Å². The second-order valence-electron chi connectivity index (χ2n) is 29.8. The highest BCUT2D eigenvalue weighted by molar-refractivity contribution is 9.09. The summed E-state index contributed by atoms with van der Waals surface area (Å²) in [6.07, 6.45) is 3.53. The molecule has 3 aromatic heterocycles. The summed E-state index contributed by atoms with van der Waals surface area (Å²) in [6.45, 7) is 22.9. The van der Waals surface area contributed by atoms with Gasteiger partial charge in [0.1, 0.15) is 97.0 Å². The van der Waals surface area contributed by atoms with Gasteiger partial charge in [0.05, 0.1) is 23.1 Å². The first-order valence-electron chi connectivity index (χ1n) is 40.7. The second kappa shape index (κ2) is 44.5. The maximum absolute atomic E-state index is 12.5. The number of thiazole rings is 2. The molecule has 3 heterocycles. The molecule has 0 bridgehead atoms. The summed E-state index contributed by atoms with van der Waals surface area (Å²) in [7, 11) is 0. The Balaban J connectivity index is 0.000000149. The number of aryl methyl sites for hydroxylation is 10. The molecule has 0 aliphatic rings. The molecule has 20 heteroatoms. The molecule has 0 radical (unpaired) electrons. The highest BCUT2D eigenvalue weighted by Crippen LogP contribution is 2.39. The number of benzene rings is 13. The van der Waals surface area contributed by atoms with Gasteiger partial charge >= 0.3 is 0 Å². The third-order valence-electron chi connectivity index (χ3n) is 19.7. The molecular weight excluding hydrogens is 1710 g/mol. The molecule has 0 unspecified atom stereocenters. The van der Waals surface area contributed by atoms with E-state index in [-0.39, 0.29) is 29.6 Å². The maximum Gasteiger partial charge on any atom is 0.180 e. The number of ether oxygens (including phenoxy) is 8. The van der Waals surface area contributed by atoms with E-state index in [1.807, 2.05) is 345 Å². The zero-order valence-electron chi connectivity index (χ0n) is 72.3. The zero-order valence-corrected chi connectivity index (χ0v) is 76.3. The minimum atomic E-state index is 0.0377. The smallest absolute Gasteiger partial charge is 0.180 e. The summed E-state index contributed by atoms with van der Waals surface area (Å²) in [5, 5.41) is 6.37. The minimum Gasteiger partial charge on any atom is -0.457 e. The van der Waals surface area contributed by atoms with Gasteiger partial charge in [-0.25, -0.2) is 9.97 Å². The van der Waals surface area contributed by atoms with Crippen molar-refractivity contribution in [3.05, 3.63) is 402 Å². The van der Waals surface area contributed by atoms with E-state index in [0.29, 0.717) is 32.5 Å². The number of aromatic nitrogens is 3. The van der Waals surface area contributed by atoms with Crippen LogP contribution in [-0.4, -0.2) is 43.4 Å². The van der Waals surface area contributed by atoms with Gasteiger partial charge in [-0.2, -0.15) is 0 Å². The Labute approximate surface area is 762 Å². The molecule has 0 aliphatic carbocycles. The van der Waals surface area contributed by atoms with E-state index in [0.717, 1.165) is 180 Å². The average molecular weight is 1810 g/mol. The number of halogens is 2. The number of para-hydroxylation sites is 4. The fourth-order valence-corrected chi connectivity index (χ4v) is 16.2. The van der Waals surface area contributed by atoms with E-state index in [4.69, 9.17) is 60.2 Å². The van der Waals surface area contributed by atoms with Crippen molar-refractivity contribution in [2.75, 3.05) is 11.1 Å². The number of hydrogen-bond acceptors (Lipinski definition) is 18. The Hall–Kier alpha value is -14.1. The molecule has 640 valence electrons. The van der Waals surface area contributed by atoms with Crippen molar-refractivity contribution in [1.82, 2.24) is 15.0 Å². The van der Waals surface area contributed by atoms with Crippen molar-refractivity contribution in [3.8, 4) is 115 Å². The number of nitrogens with zero attached hydrogens (tertiary/aromatic N) is 3. The number of hydrogen-bond donors (Lipinski definition) is 1. The third-order valence-corrected chi connectivity index (χ3v) is 21.9. The van der Waals surface area contributed by atoms with Crippen LogP contribution in [-0.2, 0) is 6.42 Å². The number of Topliss-reactive ketones (excluding diaryl/α,β-unsaturated/α-hetero) is 4. The molecule has 16 aromatic rings. The Bertz CT molecular complexity index is 6330. The Morgan fingerprint density at radius 1 is 0.315 bits per heavy atom. The maximum atomic E-state index is 12.5. The monoisotopic (exact) mass is 1800 g/mol.